The zero-order valence-electron chi connectivity index (χ0n) is 28.4. The SMILES string of the molecule is C1=C(c2ccccc2)CCC2=C1C1(c3ccccc3O2)c2ccccc2Oc2c(-c3cccc4c5ccccc5n(-c5ccccc5)c34)cccc21. The summed E-state index contributed by atoms with van der Waals surface area (Å²) in [5.74, 6) is 3.67. The highest BCUT2D eigenvalue weighted by molar-refractivity contribution is 6.14. The molecule has 1 atom stereocenters. The Morgan fingerprint density at radius 3 is 1.90 bits per heavy atom. The average Bonchev–Trinajstić information content (AvgIpc) is 3.56. The number of rotatable bonds is 3. The van der Waals surface area contributed by atoms with Crippen LogP contribution in [0.25, 0.3) is 44.2 Å². The molecule has 1 spiro atoms. The summed E-state index contributed by atoms with van der Waals surface area (Å²) in [6.45, 7) is 0. The average molecular weight is 668 g/mol. The standard InChI is InChI=1S/C49H33NO2/c1-3-15-32(16-4-1)33-29-30-46-42(31-33)49(39-23-8-11-27-44(39)51-46)40-24-9-12-28-45(40)52-48-38(22-14-25-41(48)49)37-21-13-20-36-35-19-7-10-26-43(35)50(47(36)37)34-17-5-2-6-18-34/h1-28,31H,29-30H2. The van der Waals surface area contributed by atoms with E-state index in [9.17, 15) is 0 Å². The van der Waals surface area contributed by atoms with Crippen molar-refractivity contribution in [2.24, 2.45) is 0 Å². The molecule has 3 heterocycles. The Morgan fingerprint density at radius 1 is 0.481 bits per heavy atom. The first-order chi connectivity index (χ1) is 25.8. The van der Waals surface area contributed by atoms with Gasteiger partial charge in [-0.3, -0.25) is 0 Å². The first-order valence-corrected chi connectivity index (χ1v) is 18.1. The number of para-hydroxylation sites is 6. The molecule has 246 valence electrons. The summed E-state index contributed by atoms with van der Waals surface area (Å²) in [4.78, 5) is 0. The van der Waals surface area contributed by atoms with Crippen LogP contribution >= 0.6 is 0 Å². The summed E-state index contributed by atoms with van der Waals surface area (Å²) in [6.07, 6.45) is 4.15. The van der Waals surface area contributed by atoms with Gasteiger partial charge in [0, 0.05) is 56.3 Å². The molecule has 0 saturated heterocycles. The third kappa shape index (κ3) is 4.02. The Morgan fingerprint density at radius 2 is 1.10 bits per heavy atom. The Balaban J connectivity index is 1.25. The minimum atomic E-state index is -0.662. The predicted molar refractivity (Wildman–Crippen MR) is 210 cm³/mol. The maximum absolute atomic E-state index is 7.17. The van der Waals surface area contributed by atoms with Crippen LogP contribution in [-0.2, 0) is 5.41 Å². The second kappa shape index (κ2) is 11.2. The minimum absolute atomic E-state index is 0.662. The highest BCUT2D eigenvalue weighted by atomic mass is 16.5. The van der Waals surface area contributed by atoms with Crippen molar-refractivity contribution in [2.75, 3.05) is 0 Å². The van der Waals surface area contributed by atoms with Crippen molar-refractivity contribution in [1.29, 1.82) is 0 Å². The van der Waals surface area contributed by atoms with Crippen molar-refractivity contribution in [1.82, 2.24) is 4.57 Å². The van der Waals surface area contributed by atoms with E-state index in [1.165, 1.54) is 33.0 Å². The normalized spacial score (nSPS) is 17.1. The van der Waals surface area contributed by atoms with E-state index in [4.69, 9.17) is 9.47 Å². The fourth-order valence-electron chi connectivity index (χ4n) is 9.09. The predicted octanol–water partition coefficient (Wildman–Crippen LogP) is 12.4. The van der Waals surface area contributed by atoms with Crippen molar-refractivity contribution in [3.63, 3.8) is 0 Å². The largest absolute Gasteiger partial charge is 0.461 e. The lowest BCUT2D eigenvalue weighted by molar-refractivity contribution is 0.352. The van der Waals surface area contributed by atoms with E-state index in [-0.39, 0.29) is 0 Å². The number of benzene rings is 7. The molecule has 0 N–H and O–H groups in total. The summed E-state index contributed by atoms with van der Waals surface area (Å²) in [6, 6.07) is 60.8. The quantitative estimate of drug-likeness (QED) is 0.187. The van der Waals surface area contributed by atoms with Crippen LogP contribution in [0.5, 0.6) is 17.2 Å². The van der Waals surface area contributed by atoms with Gasteiger partial charge in [0.05, 0.1) is 16.4 Å². The summed E-state index contributed by atoms with van der Waals surface area (Å²) in [5, 5.41) is 2.44. The minimum Gasteiger partial charge on any atom is -0.461 e. The van der Waals surface area contributed by atoms with Crippen molar-refractivity contribution in [3.05, 3.63) is 210 Å². The Hall–Kier alpha value is -6.58. The topological polar surface area (TPSA) is 23.4 Å². The van der Waals surface area contributed by atoms with Crippen LogP contribution in [0.3, 0.4) is 0 Å². The fraction of sp³-hybridized carbons (Fsp3) is 0.0612. The molecule has 1 aliphatic carbocycles. The maximum Gasteiger partial charge on any atom is 0.140 e. The van der Waals surface area contributed by atoms with Gasteiger partial charge in [-0.2, -0.15) is 0 Å². The summed E-state index contributed by atoms with van der Waals surface area (Å²) in [7, 11) is 0. The van der Waals surface area contributed by atoms with Crippen LogP contribution in [0, 0.1) is 0 Å². The van der Waals surface area contributed by atoms with Crippen LogP contribution in [0.2, 0.25) is 0 Å². The molecule has 0 bridgehead atoms. The third-order valence-corrected chi connectivity index (χ3v) is 11.2. The lowest BCUT2D eigenvalue weighted by Crippen LogP contribution is -2.39. The molecule has 3 heteroatoms. The van der Waals surface area contributed by atoms with Crippen LogP contribution in [0.4, 0.5) is 0 Å². The molecule has 1 aromatic heterocycles. The summed E-state index contributed by atoms with van der Waals surface area (Å²) < 4.78 is 16.4. The number of allylic oxidation sites excluding steroid dienone is 4. The van der Waals surface area contributed by atoms with E-state index in [1.807, 2.05) is 0 Å². The molecule has 11 rings (SSSR count). The molecule has 2 aliphatic heterocycles. The van der Waals surface area contributed by atoms with Gasteiger partial charge in [0.15, 0.2) is 0 Å². The number of fused-ring (bicyclic) bond motifs is 10. The van der Waals surface area contributed by atoms with Crippen molar-refractivity contribution < 1.29 is 9.47 Å². The van der Waals surface area contributed by atoms with E-state index < -0.39 is 5.41 Å². The lowest BCUT2D eigenvalue weighted by atomic mass is 9.60. The molecule has 0 radical (unpaired) electrons. The second-order valence-electron chi connectivity index (χ2n) is 13.9. The zero-order valence-corrected chi connectivity index (χ0v) is 28.4. The first-order valence-electron chi connectivity index (χ1n) is 18.1. The summed E-state index contributed by atoms with van der Waals surface area (Å²) in [5.41, 5.74) is 12.1. The highest BCUT2D eigenvalue weighted by Crippen LogP contribution is 2.63. The number of hydrogen-bond donors (Lipinski definition) is 0. The van der Waals surface area contributed by atoms with Crippen molar-refractivity contribution in [2.45, 2.75) is 18.3 Å². The second-order valence-corrected chi connectivity index (χ2v) is 13.9. The molecule has 7 aromatic carbocycles. The van der Waals surface area contributed by atoms with Gasteiger partial charge in [-0.05, 0) is 47.9 Å². The van der Waals surface area contributed by atoms with Gasteiger partial charge in [0.2, 0.25) is 0 Å². The van der Waals surface area contributed by atoms with E-state index in [0.29, 0.717) is 0 Å². The smallest absolute Gasteiger partial charge is 0.140 e. The van der Waals surface area contributed by atoms with Gasteiger partial charge in [-0.15, -0.1) is 0 Å². The van der Waals surface area contributed by atoms with Gasteiger partial charge in [-0.1, -0.05) is 146 Å². The Labute approximate surface area is 302 Å². The molecule has 3 nitrogen and oxygen atoms in total. The molecular weight excluding hydrogens is 635 g/mol. The van der Waals surface area contributed by atoms with Crippen molar-refractivity contribution >= 4 is 27.4 Å². The number of aromatic nitrogens is 1. The molecule has 0 saturated carbocycles. The van der Waals surface area contributed by atoms with E-state index in [2.05, 4.69) is 181 Å². The number of hydrogen-bond acceptors (Lipinski definition) is 2. The van der Waals surface area contributed by atoms with Crippen LogP contribution in [-0.4, -0.2) is 4.57 Å². The first kappa shape index (κ1) is 29.2. The van der Waals surface area contributed by atoms with Crippen LogP contribution < -0.4 is 9.47 Å². The van der Waals surface area contributed by atoms with Crippen molar-refractivity contribution in [3.8, 4) is 34.1 Å². The molecule has 0 amide bonds. The Kier molecular flexibility index (Phi) is 6.29. The molecule has 52 heavy (non-hydrogen) atoms. The fourth-order valence-corrected chi connectivity index (χ4v) is 9.09. The molecular formula is C49H33NO2. The monoisotopic (exact) mass is 667 g/mol. The Bertz CT molecular complexity index is 2790. The van der Waals surface area contributed by atoms with Gasteiger partial charge >= 0.3 is 0 Å². The highest BCUT2D eigenvalue weighted by Gasteiger charge is 2.52. The maximum atomic E-state index is 7.17. The van der Waals surface area contributed by atoms with Gasteiger partial charge < -0.3 is 14.0 Å². The van der Waals surface area contributed by atoms with Gasteiger partial charge in [-0.25, -0.2) is 0 Å². The lowest BCUT2D eigenvalue weighted by Gasteiger charge is -2.46. The van der Waals surface area contributed by atoms with Gasteiger partial charge in [0.25, 0.3) is 0 Å². The molecule has 0 fully saturated rings. The van der Waals surface area contributed by atoms with Crippen LogP contribution in [0.1, 0.15) is 35.1 Å². The molecule has 8 aromatic rings. The van der Waals surface area contributed by atoms with E-state index >= 15 is 0 Å². The van der Waals surface area contributed by atoms with E-state index in [0.717, 1.165) is 74.9 Å². The number of nitrogens with zero attached hydrogens (tertiary/aromatic N) is 1. The van der Waals surface area contributed by atoms with Gasteiger partial charge in [0.1, 0.15) is 23.0 Å². The molecule has 3 aliphatic rings. The van der Waals surface area contributed by atoms with Crippen LogP contribution in [0.15, 0.2) is 187 Å². The number of ether oxygens (including phenoxy) is 2. The zero-order chi connectivity index (χ0) is 34.2. The molecule has 1 unspecified atom stereocenters. The summed E-state index contributed by atoms with van der Waals surface area (Å²) >= 11 is 0. The van der Waals surface area contributed by atoms with E-state index in [1.54, 1.807) is 0 Å². The third-order valence-electron chi connectivity index (χ3n) is 11.2.